The molecule has 1 fully saturated rings. The lowest BCUT2D eigenvalue weighted by atomic mass is 10.2. The maximum Gasteiger partial charge on any atom is 0.328 e. The van der Waals surface area contributed by atoms with E-state index in [0.717, 1.165) is 4.31 Å². The Labute approximate surface area is 180 Å². The standard InChI is InChI=1S/C21H23N3O6S/c25-19(15-8-3-1-4-9-15)22-14-17(21(27)28)23-20(26)18-12-7-13-24(18)31(29,30)16-10-5-2-6-11-16/h1-6,8-11,17-18H,7,12-14H2,(H,22,25)(H,23,26)(H,27,28)/t17-,18?/m0/s1. The Morgan fingerprint density at radius 3 is 2.26 bits per heavy atom. The molecular formula is C21H23N3O6S. The summed E-state index contributed by atoms with van der Waals surface area (Å²) < 4.78 is 26.9. The summed E-state index contributed by atoms with van der Waals surface area (Å²) in [7, 11) is -3.90. The predicted molar refractivity (Wildman–Crippen MR) is 112 cm³/mol. The molecule has 3 N–H and O–H groups in total. The summed E-state index contributed by atoms with van der Waals surface area (Å²) in [5.41, 5.74) is 0.355. The molecule has 10 heteroatoms. The quantitative estimate of drug-likeness (QED) is 0.552. The van der Waals surface area contributed by atoms with Gasteiger partial charge in [-0.1, -0.05) is 36.4 Å². The number of hydrogen-bond acceptors (Lipinski definition) is 5. The van der Waals surface area contributed by atoms with E-state index in [1.165, 1.54) is 12.1 Å². The van der Waals surface area contributed by atoms with Crippen LogP contribution in [0.25, 0.3) is 0 Å². The largest absolute Gasteiger partial charge is 0.480 e. The van der Waals surface area contributed by atoms with E-state index in [-0.39, 0.29) is 24.4 Å². The summed E-state index contributed by atoms with van der Waals surface area (Å²) >= 11 is 0. The summed E-state index contributed by atoms with van der Waals surface area (Å²) in [4.78, 5) is 36.6. The Kier molecular flexibility index (Phi) is 7.03. The van der Waals surface area contributed by atoms with E-state index in [1.807, 2.05) is 0 Å². The number of carboxylic acids is 1. The number of nitrogens with one attached hydrogen (secondary N) is 2. The summed E-state index contributed by atoms with van der Waals surface area (Å²) in [5, 5.41) is 14.3. The number of sulfonamides is 1. The average Bonchev–Trinajstić information content (AvgIpc) is 3.28. The van der Waals surface area contributed by atoms with Crippen LogP contribution in [0, 0.1) is 0 Å². The molecule has 1 aliphatic rings. The SMILES string of the molecule is O=C(NC[C@H](NC(=O)C1CCCN1S(=O)(=O)c1ccccc1)C(=O)O)c1ccccc1. The number of carboxylic acid groups (broad SMARTS) is 1. The number of hydrogen-bond donors (Lipinski definition) is 3. The van der Waals surface area contributed by atoms with Gasteiger partial charge in [0.2, 0.25) is 15.9 Å². The number of nitrogens with zero attached hydrogens (tertiary/aromatic N) is 1. The van der Waals surface area contributed by atoms with Gasteiger partial charge in [0.25, 0.3) is 5.91 Å². The second kappa shape index (κ2) is 9.71. The molecule has 0 radical (unpaired) electrons. The third-order valence-electron chi connectivity index (χ3n) is 4.97. The van der Waals surface area contributed by atoms with Crippen LogP contribution in [0.1, 0.15) is 23.2 Å². The van der Waals surface area contributed by atoms with Crippen LogP contribution in [0.5, 0.6) is 0 Å². The molecule has 0 bridgehead atoms. The van der Waals surface area contributed by atoms with Crippen LogP contribution in [-0.4, -0.2) is 60.8 Å². The molecule has 0 aromatic heterocycles. The van der Waals surface area contributed by atoms with Gasteiger partial charge in [-0.05, 0) is 37.1 Å². The van der Waals surface area contributed by atoms with E-state index in [9.17, 15) is 27.9 Å². The molecule has 2 atom stereocenters. The molecule has 1 aliphatic heterocycles. The molecule has 0 aliphatic carbocycles. The minimum Gasteiger partial charge on any atom is -0.480 e. The molecule has 0 saturated carbocycles. The third-order valence-corrected chi connectivity index (χ3v) is 6.90. The molecule has 1 saturated heterocycles. The minimum absolute atomic E-state index is 0.0691. The number of rotatable bonds is 8. The van der Waals surface area contributed by atoms with Crippen molar-refractivity contribution in [2.75, 3.05) is 13.1 Å². The maximum atomic E-state index is 12.9. The van der Waals surface area contributed by atoms with Crippen molar-refractivity contribution in [2.24, 2.45) is 0 Å². The smallest absolute Gasteiger partial charge is 0.328 e. The first-order valence-corrected chi connectivity index (χ1v) is 11.2. The van der Waals surface area contributed by atoms with Gasteiger partial charge < -0.3 is 15.7 Å². The van der Waals surface area contributed by atoms with Crippen molar-refractivity contribution in [2.45, 2.75) is 29.8 Å². The third kappa shape index (κ3) is 5.28. The Morgan fingerprint density at radius 1 is 1.03 bits per heavy atom. The van der Waals surface area contributed by atoms with E-state index >= 15 is 0 Å². The Balaban J connectivity index is 1.67. The Hall–Kier alpha value is -3.24. The van der Waals surface area contributed by atoms with Crippen LogP contribution < -0.4 is 10.6 Å². The van der Waals surface area contributed by atoms with E-state index in [0.29, 0.717) is 12.0 Å². The number of carbonyl (C=O) groups is 3. The summed E-state index contributed by atoms with van der Waals surface area (Å²) in [6, 6.07) is 13.6. The minimum atomic E-state index is -3.90. The van der Waals surface area contributed by atoms with Crippen molar-refractivity contribution in [3.05, 3.63) is 66.2 Å². The fraction of sp³-hybridized carbons (Fsp3) is 0.286. The van der Waals surface area contributed by atoms with Gasteiger partial charge >= 0.3 is 5.97 Å². The molecule has 164 valence electrons. The lowest BCUT2D eigenvalue weighted by Crippen LogP contribution is -2.54. The zero-order chi connectivity index (χ0) is 22.4. The zero-order valence-electron chi connectivity index (χ0n) is 16.6. The highest BCUT2D eigenvalue weighted by Crippen LogP contribution is 2.26. The van der Waals surface area contributed by atoms with E-state index in [4.69, 9.17) is 0 Å². The Morgan fingerprint density at radius 2 is 1.65 bits per heavy atom. The second-order valence-corrected chi connectivity index (χ2v) is 8.95. The number of aliphatic carboxylic acids is 1. The lowest BCUT2D eigenvalue weighted by Gasteiger charge is -2.25. The van der Waals surface area contributed by atoms with Crippen LogP contribution in [0.2, 0.25) is 0 Å². The monoisotopic (exact) mass is 445 g/mol. The molecule has 0 spiro atoms. The topological polar surface area (TPSA) is 133 Å². The number of benzene rings is 2. The van der Waals surface area contributed by atoms with Crippen molar-refractivity contribution in [1.82, 2.24) is 14.9 Å². The van der Waals surface area contributed by atoms with Crippen LogP contribution >= 0.6 is 0 Å². The van der Waals surface area contributed by atoms with E-state index in [1.54, 1.807) is 48.5 Å². The van der Waals surface area contributed by atoms with Crippen LogP contribution in [0.4, 0.5) is 0 Å². The molecule has 2 amide bonds. The van der Waals surface area contributed by atoms with Gasteiger partial charge in [0.1, 0.15) is 12.1 Å². The van der Waals surface area contributed by atoms with Gasteiger partial charge in [-0.25, -0.2) is 13.2 Å². The summed E-state index contributed by atoms with van der Waals surface area (Å²) in [5.74, 6) is -2.52. The molecule has 2 aromatic rings. The van der Waals surface area contributed by atoms with Gasteiger partial charge in [0.05, 0.1) is 4.90 Å². The van der Waals surface area contributed by atoms with Gasteiger partial charge in [0.15, 0.2) is 0 Å². The molecule has 9 nitrogen and oxygen atoms in total. The normalized spacial score (nSPS) is 17.6. The van der Waals surface area contributed by atoms with Crippen molar-refractivity contribution in [1.29, 1.82) is 0 Å². The van der Waals surface area contributed by atoms with E-state index < -0.39 is 39.9 Å². The van der Waals surface area contributed by atoms with Crippen molar-refractivity contribution in [3.8, 4) is 0 Å². The molecular weight excluding hydrogens is 422 g/mol. The summed E-state index contributed by atoms with van der Waals surface area (Å²) in [6.45, 7) is -0.176. The highest BCUT2D eigenvalue weighted by molar-refractivity contribution is 7.89. The molecule has 31 heavy (non-hydrogen) atoms. The number of carbonyl (C=O) groups excluding carboxylic acids is 2. The zero-order valence-corrected chi connectivity index (χ0v) is 17.4. The highest BCUT2D eigenvalue weighted by Gasteiger charge is 2.40. The van der Waals surface area contributed by atoms with Gasteiger partial charge in [-0.2, -0.15) is 4.31 Å². The van der Waals surface area contributed by atoms with E-state index in [2.05, 4.69) is 10.6 Å². The molecule has 2 aromatic carbocycles. The molecule has 3 rings (SSSR count). The number of amides is 2. The maximum absolute atomic E-state index is 12.9. The van der Waals surface area contributed by atoms with Crippen molar-refractivity contribution < 1.29 is 27.9 Å². The first-order valence-electron chi connectivity index (χ1n) is 9.74. The average molecular weight is 445 g/mol. The van der Waals surface area contributed by atoms with Crippen LogP contribution in [0.15, 0.2) is 65.6 Å². The Bertz CT molecular complexity index is 1040. The first-order chi connectivity index (χ1) is 14.8. The predicted octanol–water partition coefficient (Wildman–Crippen LogP) is 0.839. The van der Waals surface area contributed by atoms with Gasteiger partial charge in [-0.15, -0.1) is 0 Å². The second-order valence-electron chi connectivity index (χ2n) is 7.06. The van der Waals surface area contributed by atoms with Gasteiger partial charge in [0, 0.05) is 18.7 Å². The van der Waals surface area contributed by atoms with Gasteiger partial charge in [-0.3, -0.25) is 9.59 Å². The van der Waals surface area contributed by atoms with Crippen LogP contribution in [0.3, 0.4) is 0 Å². The summed E-state index contributed by atoms with van der Waals surface area (Å²) in [6.07, 6.45) is 0.757. The van der Waals surface area contributed by atoms with Crippen molar-refractivity contribution >= 4 is 27.8 Å². The highest BCUT2D eigenvalue weighted by atomic mass is 32.2. The fourth-order valence-corrected chi connectivity index (χ4v) is 5.05. The van der Waals surface area contributed by atoms with Crippen LogP contribution in [-0.2, 0) is 19.6 Å². The fourth-order valence-electron chi connectivity index (χ4n) is 3.37. The molecule has 1 heterocycles. The van der Waals surface area contributed by atoms with Crippen molar-refractivity contribution in [3.63, 3.8) is 0 Å². The first kappa shape index (κ1) is 22.4. The molecule has 1 unspecified atom stereocenters. The lowest BCUT2D eigenvalue weighted by molar-refractivity contribution is -0.142.